The van der Waals surface area contributed by atoms with Crippen molar-refractivity contribution < 1.29 is 14.4 Å². The molecule has 3 aromatic rings. The van der Waals surface area contributed by atoms with E-state index in [0.717, 1.165) is 29.4 Å². The molecule has 0 bridgehead atoms. The molecule has 1 aromatic heterocycles. The summed E-state index contributed by atoms with van der Waals surface area (Å²) in [5.41, 5.74) is 2.26. The van der Waals surface area contributed by atoms with Gasteiger partial charge in [0.2, 0.25) is 0 Å². The Bertz CT molecular complexity index is 999. The van der Waals surface area contributed by atoms with Crippen LogP contribution in [0.2, 0.25) is 5.02 Å². The number of ether oxygens (including phenoxy) is 2. The molecule has 144 valence electrons. The zero-order valence-corrected chi connectivity index (χ0v) is 16.4. The average Bonchev–Trinajstić information content (AvgIpc) is 2.66. The number of rotatable bonds is 6. The lowest BCUT2D eigenvalue weighted by Crippen LogP contribution is -2.01. The van der Waals surface area contributed by atoms with Crippen LogP contribution in [-0.4, -0.2) is 14.9 Å². The van der Waals surface area contributed by atoms with Crippen LogP contribution in [0.15, 0.2) is 42.7 Å². The molecule has 1 heterocycles. The smallest absolute Gasteiger partial charge is 0.393 e. The molecule has 0 radical (unpaired) electrons. The fourth-order valence-electron chi connectivity index (χ4n) is 2.63. The second-order valence-electron chi connectivity index (χ2n) is 6.16. The van der Waals surface area contributed by atoms with Crippen LogP contribution in [0.1, 0.15) is 23.6 Å². The van der Waals surface area contributed by atoms with E-state index >= 15 is 0 Å². The summed E-state index contributed by atoms with van der Waals surface area (Å²) in [6, 6.07) is 10.6. The highest BCUT2D eigenvalue weighted by Gasteiger charge is 2.27. The standard InChI is InChI=1S/C20H18ClN3O4/c1-4-14-5-7-15(8-6-14)27-19-18(24(25)26)20(23-11-22-19)28-16-9-12(2)17(21)13(3)10-16/h5-11H,4H2,1-3H3. The number of hydrogen-bond donors (Lipinski definition) is 0. The van der Waals surface area contributed by atoms with Gasteiger partial charge in [0.1, 0.15) is 17.8 Å². The number of aryl methyl sites for hydroxylation is 3. The van der Waals surface area contributed by atoms with Gasteiger partial charge >= 0.3 is 17.4 Å². The lowest BCUT2D eigenvalue weighted by Gasteiger charge is -2.11. The molecule has 7 nitrogen and oxygen atoms in total. The van der Waals surface area contributed by atoms with E-state index in [0.29, 0.717) is 16.5 Å². The van der Waals surface area contributed by atoms with E-state index in [1.165, 1.54) is 0 Å². The SMILES string of the molecule is CCc1ccc(Oc2ncnc(Oc3cc(C)c(Cl)c(C)c3)c2[N+](=O)[O-])cc1. The predicted molar refractivity (Wildman–Crippen MR) is 106 cm³/mol. The molecule has 0 unspecified atom stereocenters. The van der Waals surface area contributed by atoms with Gasteiger partial charge < -0.3 is 9.47 Å². The summed E-state index contributed by atoms with van der Waals surface area (Å²) in [4.78, 5) is 18.9. The molecule has 0 saturated carbocycles. The van der Waals surface area contributed by atoms with Crippen molar-refractivity contribution in [3.63, 3.8) is 0 Å². The van der Waals surface area contributed by atoms with Gasteiger partial charge in [-0.2, -0.15) is 9.97 Å². The first-order valence-corrected chi connectivity index (χ1v) is 8.97. The van der Waals surface area contributed by atoms with Gasteiger partial charge in [-0.3, -0.25) is 10.1 Å². The molecular weight excluding hydrogens is 382 g/mol. The van der Waals surface area contributed by atoms with Crippen molar-refractivity contribution in [2.24, 2.45) is 0 Å². The van der Waals surface area contributed by atoms with E-state index < -0.39 is 10.6 Å². The quantitative estimate of drug-likeness (QED) is 0.384. The number of halogens is 1. The lowest BCUT2D eigenvalue weighted by atomic mass is 10.1. The second-order valence-corrected chi connectivity index (χ2v) is 6.54. The van der Waals surface area contributed by atoms with Crippen LogP contribution in [-0.2, 0) is 6.42 Å². The highest BCUT2D eigenvalue weighted by atomic mass is 35.5. The molecular formula is C20H18ClN3O4. The number of nitro groups is 1. The Morgan fingerprint density at radius 3 is 2.04 bits per heavy atom. The van der Waals surface area contributed by atoms with Crippen molar-refractivity contribution >= 4 is 17.3 Å². The van der Waals surface area contributed by atoms with Crippen molar-refractivity contribution in [2.75, 3.05) is 0 Å². The van der Waals surface area contributed by atoms with Crippen molar-refractivity contribution in [1.82, 2.24) is 9.97 Å². The summed E-state index contributed by atoms with van der Waals surface area (Å²) >= 11 is 6.16. The van der Waals surface area contributed by atoms with Gasteiger partial charge in [0, 0.05) is 5.02 Å². The topological polar surface area (TPSA) is 87.4 Å². The Hall–Kier alpha value is -3.19. The summed E-state index contributed by atoms with van der Waals surface area (Å²) < 4.78 is 11.3. The van der Waals surface area contributed by atoms with E-state index in [4.69, 9.17) is 21.1 Å². The van der Waals surface area contributed by atoms with Gasteiger partial charge in [0.15, 0.2) is 0 Å². The molecule has 0 N–H and O–H groups in total. The number of aromatic nitrogens is 2. The monoisotopic (exact) mass is 399 g/mol. The largest absolute Gasteiger partial charge is 0.433 e. The first kappa shape index (κ1) is 19.6. The van der Waals surface area contributed by atoms with Gasteiger partial charge in [-0.15, -0.1) is 0 Å². The van der Waals surface area contributed by atoms with E-state index in [1.807, 2.05) is 32.9 Å². The predicted octanol–water partition coefficient (Wildman–Crippen LogP) is 5.80. The summed E-state index contributed by atoms with van der Waals surface area (Å²) in [5.74, 6) is 0.422. The van der Waals surface area contributed by atoms with Crippen LogP contribution in [0, 0.1) is 24.0 Å². The van der Waals surface area contributed by atoms with Crippen LogP contribution in [0.4, 0.5) is 5.69 Å². The van der Waals surface area contributed by atoms with Crippen molar-refractivity contribution in [3.8, 4) is 23.3 Å². The summed E-state index contributed by atoms with van der Waals surface area (Å²) in [6.07, 6.45) is 2.04. The van der Waals surface area contributed by atoms with E-state index in [2.05, 4.69) is 9.97 Å². The van der Waals surface area contributed by atoms with Gasteiger partial charge in [-0.1, -0.05) is 30.7 Å². The van der Waals surface area contributed by atoms with E-state index in [1.54, 1.807) is 24.3 Å². The minimum atomic E-state index is -0.624. The molecule has 28 heavy (non-hydrogen) atoms. The Morgan fingerprint density at radius 2 is 1.54 bits per heavy atom. The maximum Gasteiger partial charge on any atom is 0.393 e. The molecule has 0 aliphatic heterocycles. The normalized spacial score (nSPS) is 10.6. The van der Waals surface area contributed by atoms with Gasteiger partial charge in [0.25, 0.3) is 0 Å². The maximum absolute atomic E-state index is 11.7. The Kier molecular flexibility index (Phi) is 5.75. The molecule has 0 aliphatic rings. The van der Waals surface area contributed by atoms with Gasteiger partial charge in [-0.05, 0) is 61.2 Å². The molecule has 0 fully saturated rings. The van der Waals surface area contributed by atoms with Crippen molar-refractivity contribution in [3.05, 3.63) is 74.6 Å². The van der Waals surface area contributed by atoms with Crippen LogP contribution < -0.4 is 9.47 Å². The first-order valence-electron chi connectivity index (χ1n) is 8.59. The molecule has 0 aliphatic carbocycles. The average molecular weight is 400 g/mol. The molecule has 0 spiro atoms. The number of hydrogen-bond acceptors (Lipinski definition) is 6. The van der Waals surface area contributed by atoms with Crippen molar-refractivity contribution in [2.45, 2.75) is 27.2 Å². The van der Waals surface area contributed by atoms with Crippen LogP contribution in [0.5, 0.6) is 23.3 Å². The molecule has 0 atom stereocenters. The molecule has 0 amide bonds. The molecule has 2 aromatic carbocycles. The minimum absolute atomic E-state index is 0.193. The first-order chi connectivity index (χ1) is 13.4. The Labute approximate surface area is 167 Å². The highest BCUT2D eigenvalue weighted by molar-refractivity contribution is 6.32. The third-order valence-corrected chi connectivity index (χ3v) is 4.70. The fraction of sp³-hybridized carbons (Fsp3) is 0.200. The van der Waals surface area contributed by atoms with Crippen LogP contribution >= 0.6 is 11.6 Å². The fourth-order valence-corrected chi connectivity index (χ4v) is 2.74. The number of nitrogens with zero attached hydrogens (tertiary/aromatic N) is 3. The molecule has 3 rings (SSSR count). The van der Waals surface area contributed by atoms with Crippen LogP contribution in [0.3, 0.4) is 0 Å². The lowest BCUT2D eigenvalue weighted by molar-refractivity contribution is -0.387. The third kappa shape index (κ3) is 4.20. The Balaban J connectivity index is 1.96. The number of benzene rings is 2. The summed E-state index contributed by atoms with van der Waals surface area (Å²) in [7, 11) is 0. The molecule has 0 saturated heterocycles. The van der Waals surface area contributed by atoms with Gasteiger partial charge in [0.05, 0.1) is 4.92 Å². The van der Waals surface area contributed by atoms with E-state index in [-0.39, 0.29) is 11.8 Å². The third-order valence-electron chi connectivity index (χ3n) is 4.11. The molecule has 8 heteroatoms. The van der Waals surface area contributed by atoms with Crippen LogP contribution in [0.25, 0.3) is 0 Å². The minimum Gasteiger partial charge on any atom is -0.433 e. The maximum atomic E-state index is 11.7. The Morgan fingerprint density at radius 1 is 1.00 bits per heavy atom. The zero-order chi connectivity index (χ0) is 20.3. The van der Waals surface area contributed by atoms with Crippen molar-refractivity contribution in [1.29, 1.82) is 0 Å². The second kappa shape index (κ2) is 8.22. The summed E-state index contributed by atoms with van der Waals surface area (Å²) in [5, 5.41) is 12.3. The summed E-state index contributed by atoms with van der Waals surface area (Å²) in [6.45, 7) is 5.69. The zero-order valence-electron chi connectivity index (χ0n) is 15.6. The van der Waals surface area contributed by atoms with Gasteiger partial charge in [-0.25, -0.2) is 0 Å². The van der Waals surface area contributed by atoms with E-state index in [9.17, 15) is 10.1 Å². The highest BCUT2D eigenvalue weighted by Crippen LogP contribution is 2.38.